The molecule has 0 aliphatic rings. The molecular weight excluding hydrogens is 255 g/mol. The van der Waals surface area contributed by atoms with Crippen LogP contribution in [0.15, 0.2) is 42.5 Å². The maximum Gasteiger partial charge on any atom is 0.319 e. The molecule has 0 aromatic heterocycles. The Labute approximate surface area is 117 Å². The van der Waals surface area contributed by atoms with Gasteiger partial charge in [-0.15, -0.1) is 0 Å². The van der Waals surface area contributed by atoms with Crippen LogP contribution in [-0.2, 0) is 6.54 Å². The predicted molar refractivity (Wildman–Crippen MR) is 78.2 cm³/mol. The minimum Gasteiger partial charge on any atom is -0.334 e. The predicted octanol–water partition coefficient (Wildman–Crippen LogP) is 3.76. The molecule has 2 aromatic rings. The summed E-state index contributed by atoms with van der Waals surface area (Å²) in [4.78, 5) is 11.7. The van der Waals surface area contributed by atoms with Gasteiger partial charge in [0.15, 0.2) is 0 Å². The van der Waals surface area contributed by atoms with E-state index in [-0.39, 0.29) is 11.8 Å². The van der Waals surface area contributed by atoms with Gasteiger partial charge in [-0.3, -0.25) is 0 Å². The van der Waals surface area contributed by atoms with Crippen LogP contribution in [0, 0.1) is 19.7 Å². The highest BCUT2D eigenvalue weighted by Gasteiger charge is 2.04. The summed E-state index contributed by atoms with van der Waals surface area (Å²) in [6, 6.07) is 12.2. The van der Waals surface area contributed by atoms with Crippen LogP contribution in [0.3, 0.4) is 0 Å². The van der Waals surface area contributed by atoms with Crippen LogP contribution in [0.25, 0.3) is 0 Å². The zero-order valence-corrected chi connectivity index (χ0v) is 11.5. The molecule has 0 aliphatic carbocycles. The van der Waals surface area contributed by atoms with E-state index in [4.69, 9.17) is 0 Å². The van der Waals surface area contributed by atoms with E-state index in [1.807, 2.05) is 31.2 Å². The third kappa shape index (κ3) is 3.82. The second-order valence-corrected chi connectivity index (χ2v) is 4.76. The lowest BCUT2D eigenvalue weighted by Gasteiger charge is -2.08. The number of rotatable bonds is 3. The van der Waals surface area contributed by atoms with Gasteiger partial charge in [0.05, 0.1) is 0 Å². The van der Waals surface area contributed by atoms with Gasteiger partial charge in [-0.25, -0.2) is 9.18 Å². The largest absolute Gasteiger partial charge is 0.334 e. The fraction of sp³-hybridized carbons (Fsp3) is 0.188. The van der Waals surface area contributed by atoms with Crippen LogP contribution < -0.4 is 10.6 Å². The quantitative estimate of drug-likeness (QED) is 0.877. The fourth-order valence-electron chi connectivity index (χ4n) is 1.73. The van der Waals surface area contributed by atoms with E-state index in [9.17, 15) is 9.18 Å². The third-order valence-corrected chi connectivity index (χ3v) is 3.00. The number of hydrogen-bond donors (Lipinski definition) is 2. The molecule has 0 fully saturated rings. The van der Waals surface area contributed by atoms with Crippen molar-refractivity contribution in [2.45, 2.75) is 20.4 Å². The lowest BCUT2D eigenvalue weighted by molar-refractivity contribution is 0.251. The number of hydrogen-bond acceptors (Lipinski definition) is 1. The van der Waals surface area contributed by atoms with Crippen molar-refractivity contribution in [1.82, 2.24) is 5.32 Å². The summed E-state index contributed by atoms with van der Waals surface area (Å²) < 4.78 is 13.3. The first kappa shape index (κ1) is 14.1. The zero-order valence-electron chi connectivity index (χ0n) is 11.5. The lowest BCUT2D eigenvalue weighted by Crippen LogP contribution is -2.28. The van der Waals surface area contributed by atoms with Crippen LogP contribution in [0.1, 0.15) is 16.7 Å². The Balaban J connectivity index is 1.89. The molecule has 0 atom stereocenters. The summed E-state index contributed by atoms with van der Waals surface area (Å²) in [6.07, 6.45) is 0. The number of urea groups is 1. The summed E-state index contributed by atoms with van der Waals surface area (Å²) >= 11 is 0. The second-order valence-electron chi connectivity index (χ2n) is 4.76. The first-order chi connectivity index (χ1) is 9.54. The molecule has 3 nitrogen and oxygen atoms in total. The molecule has 0 spiro atoms. The molecule has 2 amide bonds. The van der Waals surface area contributed by atoms with E-state index in [2.05, 4.69) is 10.6 Å². The molecule has 0 saturated carbocycles. The highest BCUT2D eigenvalue weighted by atomic mass is 19.1. The van der Waals surface area contributed by atoms with Crippen molar-refractivity contribution in [3.05, 3.63) is 65.0 Å². The highest BCUT2D eigenvalue weighted by Crippen LogP contribution is 2.13. The summed E-state index contributed by atoms with van der Waals surface area (Å²) in [5.74, 6) is -0.332. The van der Waals surface area contributed by atoms with Gasteiger partial charge in [-0.1, -0.05) is 35.9 Å². The fourth-order valence-corrected chi connectivity index (χ4v) is 1.73. The van der Waals surface area contributed by atoms with Gasteiger partial charge < -0.3 is 10.6 Å². The standard InChI is InChI=1S/C16H17FN2O/c1-11-3-6-13(7-4-11)10-18-16(20)19-14-8-5-12(2)15(17)9-14/h3-9H,10H2,1-2H3,(H2,18,19,20). The van der Waals surface area contributed by atoms with Gasteiger partial charge in [0.25, 0.3) is 0 Å². The molecule has 4 heteroatoms. The van der Waals surface area contributed by atoms with Gasteiger partial charge in [-0.2, -0.15) is 0 Å². The van der Waals surface area contributed by atoms with Crippen molar-refractivity contribution >= 4 is 11.7 Å². The minimum absolute atomic E-state index is 0.332. The Kier molecular flexibility index (Phi) is 4.35. The number of nitrogens with one attached hydrogen (secondary N) is 2. The van der Waals surface area contributed by atoms with Crippen molar-refractivity contribution in [3.8, 4) is 0 Å². The number of benzene rings is 2. The lowest BCUT2D eigenvalue weighted by atomic mass is 10.1. The Bertz CT molecular complexity index is 608. The number of amides is 2. The van der Waals surface area contributed by atoms with Crippen LogP contribution in [-0.4, -0.2) is 6.03 Å². The van der Waals surface area contributed by atoms with E-state index >= 15 is 0 Å². The summed E-state index contributed by atoms with van der Waals surface area (Å²) in [7, 11) is 0. The molecule has 0 bridgehead atoms. The number of anilines is 1. The SMILES string of the molecule is Cc1ccc(CNC(=O)Nc2ccc(C)c(F)c2)cc1. The molecule has 0 saturated heterocycles. The molecule has 0 aliphatic heterocycles. The maximum atomic E-state index is 13.3. The molecule has 2 rings (SSSR count). The highest BCUT2D eigenvalue weighted by molar-refractivity contribution is 5.89. The van der Waals surface area contributed by atoms with Gasteiger partial charge in [-0.05, 0) is 37.1 Å². The van der Waals surface area contributed by atoms with E-state index in [1.165, 1.54) is 11.6 Å². The minimum atomic E-state index is -0.353. The molecule has 0 unspecified atom stereocenters. The number of aryl methyl sites for hydroxylation is 2. The molecule has 2 N–H and O–H groups in total. The Morgan fingerprint density at radius 3 is 2.45 bits per heavy atom. The molecule has 0 heterocycles. The van der Waals surface area contributed by atoms with Crippen LogP contribution >= 0.6 is 0 Å². The monoisotopic (exact) mass is 272 g/mol. The summed E-state index contributed by atoms with van der Waals surface area (Å²) in [5.41, 5.74) is 3.18. The van der Waals surface area contributed by atoms with E-state index in [1.54, 1.807) is 19.1 Å². The number of halogens is 1. The molecule has 2 aromatic carbocycles. The van der Waals surface area contributed by atoms with Crippen molar-refractivity contribution in [1.29, 1.82) is 0 Å². The normalized spacial score (nSPS) is 10.2. The average Bonchev–Trinajstić information content (AvgIpc) is 2.42. The first-order valence-electron chi connectivity index (χ1n) is 6.41. The Hall–Kier alpha value is -2.36. The first-order valence-corrected chi connectivity index (χ1v) is 6.41. The third-order valence-electron chi connectivity index (χ3n) is 3.00. The number of carbonyl (C=O) groups excluding carboxylic acids is 1. The Morgan fingerprint density at radius 2 is 1.80 bits per heavy atom. The Morgan fingerprint density at radius 1 is 1.10 bits per heavy atom. The van der Waals surface area contributed by atoms with E-state index in [0.717, 1.165) is 5.56 Å². The summed E-state index contributed by atoms with van der Waals surface area (Å²) in [6.45, 7) is 4.12. The van der Waals surface area contributed by atoms with Crippen LogP contribution in [0.4, 0.5) is 14.9 Å². The van der Waals surface area contributed by atoms with Gasteiger partial charge in [0.2, 0.25) is 0 Å². The second kappa shape index (κ2) is 6.19. The van der Waals surface area contributed by atoms with Gasteiger partial charge in [0, 0.05) is 12.2 Å². The molecule has 20 heavy (non-hydrogen) atoms. The van der Waals surface area contributed by atoms with Gasteiger partial charge in [0.1, 0.15) is 5.82 Å². The van der Waals surface area contributed by atoms with Gasteiger partial charge >= 0.3 is 6.03 Å². The van der Waals surface area contributed by atoms with Crippen molar-refractivity contribution in [2.24, 2.45) is 0 Å². The molecule has 104 valence electrons. The topological polar surface area (TPSA) is 41.1 Å². The van der Waals surface area contributed by atoms with E-state index in [0.29, 0.717) is 17.8 Å². The smallest absolute Gasteiger partial charge is 0.319 e. The molecular formula is C16H17FN2O. The average molecular weight is 272 g/mol. The van der Waals surface area contributed by atoms with Crippen molar-refractivity contribution in [3.63, 3.8) is 0 Å². The maximum absolute atomic E-state index is 13.3. The zero-order chi connectivity index (χ0) is 14.5. The van der Waals surface area contributed by atoms with E-state index < -0.39 is 0 Å². The van der Waals surface area contributed by atoms with Crippen LogP contribution in [0.5, 0.6) is 0 Å². The number of carbonyl (C=O) groups is 1. The summed E-state index contributed by atoms with van der Waals surface area (Å²) in [5, 5.41) is 5.33. The van der Waals surface area contributed by atoms with Crippen molar-refractivity contribution in [2.75, 3.05) is 5.32 Å². The molecule has 0 radical (unpaired) electrons. The van der Waals surface area contributed by atoms with Crippen molar-refractivity contribution < 1.29 is 9.18 Å². The van der Waals surface area contributed by atoms with Crippen LogP contribution in [0.2, 0.25) is 0 Å².